The quantitative estimate of drug-likeness (QED) is 0.523. The summed E-state index contributed by atoms with van der Waals surface area (Å²) in [4.78, 5) is 32.1. The van der Waals surface area contributed by atoms with Gasteiger partial charge in [0, 0.05) is 35.1 Å². The normalized spacial score (nSPS) is 18.9. The number of amides is 2. The van der Waals surface area contributed by atoms with Crippen LogP contribution in [0, 0.1) is 0 Å². The molecular weight excluding hydrogens is 398 g/mol. The van der Waals surface area contributed by atoms with Gasteiger partial charge in [-0.2, -0.15) is 0 Å². The van der Waals surface area contributed by atoms with Crippen LogP contribution in [0.5, 0.6) is 0 Å². The van der Waals surface area contributed by atoms with Gasteiger partial charge in [-0.15, -0.1) is 0 Å². The van der Waals surface area contributed by atoms with E-state index >= 15 is 0 Å². The summed E-state index contributed by atoms with van der Waals surface area (Å²) in [5, 5.41) is 4.21. The molecule has 0 unspecified atom stereocenters. The van der Waals surface area contributed by atoms with Crippen LogP contribution < -0.4 is 5.32 Å². The topological polar surface area (TPSA) is 65.2 Å². The molecule has 5 heteroatoms. The maximum atomic E-state index is 13.4. The first-order chi connectivity index (χ1) is 15.7. The molecule has 0 saturated heterocycles. The molecule has 2 amide bonds. The Morgan fingerprint density at radius 3 is 2.59 bits per heavy atom. The standard InChI is InChI=1S/C27H23N3O2/c31-26(28-15-14-17-8-2-1-3-9-17)23-16-21-18-10-6-7-13-22(18)29-24(21)25-19-11-4-5-12-20(19)27(32)30(23)25/h1-13,23,25,29H,14-16H2,(H,28,31)/t23-,25-/m0/s1. The number of fused-ring (bicyclic) bond motifs is 7. The molecule has 0 radical (unpaired) electrons. The molecule has 2 aliphatic rings. The largest absolute Gasteiger partial charge is 0.356 e. The Hall–Kier alpha value is -3.86. The Morgan fingerprint density at radius 2 is 1.72 bits per heavy atom. The molecule has 3 aromatic carbocycles. The zero-order valence-electron chi connectivity index (χ0n) is 17.5. The van der Waals surface area contributed by atoms with Gasteiger partial charge in [-0.25, -0.2) is 0 Å². The number of aromatic amines is 1. The summed E-state index contributed by atoms with van der Waals surface area (Å²) in [7, 11) is 0. The Kier molecular flexibility index (Phi) is 4.35. The fourth-order valence-corrected chi connectivity index (χ4v) is 5.23. The van der Waals surface area contributed by atoms with E-state index in [1.807, 2.05) is 54.6 Å². The average Bonchev–Trinajstić information content (AvgIpc) is 3.35. The van der Waals surface area contributed by atoms with Gasteiger partial charge in [-0.05, 0) is 35.2 Å². The predicted molar refractivity (Wildman–Crippen MR) is 123 cm³/mol. The maximum Gasteiger partial charge on any atom is 0.255 e. The van der Waals surface area contributed by atoms with E-state index in [1.165, 1.54) is 5.56 Å². The van der Waals surface area contributed by atoms with Crippen molar-refractivity contribution < 1.29 is 9.59 Å². The van der Waals surface area contributed by atoms with E-state index in [1.54, 1.807) is 4.90 Å². The zero-order valence-corrected chi connectivity index (χ0v) is 17.5. The van der Waals surface area contributed by atoms with Gasteiger partial charge >= 0.3 is 0 Å². The molecule has 4 aromatic rings. The van der Waals surface area contributed by atoms with E-state index in [0.29, 0.717) is 18.5 Å². The number of nitrogens with one attached hydrogen (secondary N) is 2. The van der Waals surface area contributed by atoms with Gasteiger partial charge in [0.1, 0.15) is 6.04 Å². The van der Waals surface area contributed by atoms with Crippen molar-refractivity contribution in [2.45, 2.75) is 24.9 Å². The van der Waals surface area contributed by atoms with Crippen LogP contribution in [-0.4, -0.2) is 34.3 Å². The Balaban J connectivity index is 1.36. The van der Waals surface area contributed by atoms with Gasteiger partial charge in [0.25, 0.3) is 5.91 Å². The Bertz CT molecular complexity index is 1340. The molecule has 0 spiro atoms. The van der Waals surface area contributed by atoms with Crippen molar-refractivity contribution in [1.82, 2.24) is 15.2 Å². The molecule has 0 saturated carbocycles. The van der Waals surface area contributed by atoms with Crippen LogP contribution >= 0.6 is 0 Å². The number of carbonyl (C=O) groups is 2. The number of hydrogen-bond acceptors (Lipinski definition) is 2. The van der Waals surface area contributed by atoms with Crippen molar-refractivity contribution in [3.05, 3.63) is 107 Å². The predicted octanol–water partition coefficient (Wildman–Crippen LogP) is 4.00. The highest BCUT2D eigenvalue weighted by atomic mass is 16.2. The molecule has 6 rings (SSSR count). The van der Waals surface area contributed by atoms with Gasteiger partial charge in [-0.3, -0.25) is 9.59 Å². The van der Waals surface area contributed by atoms with Crippen molar-refractivity contribution in [1.29, 1.82) is 0 Å². The Labute approximate surface area is 186 Å². The smallest absolute Gasteiger partial charge is 0.255 e. The lowest BCUT2D eigenvalue weighted by atomic mass is 9.90. The summed E-state index contributed by atoms with van der Waals surface area (Å²) < 4.78 is 0. The van der Waals surface area contributed by atoms with Crippen molar-refractivity contribution in [3.63, 3.8) is 0 Å². The van der Waals surface area contributed by atoms with Crippen molar-refractivity contribution >= 4 is 22.7 Å². The van der Waals surface area contributed by atoms with E-state index in [4.69, 9.17) is 0 Å². The summed E-state index contributed by atoms with van der Waals surface area (Å²) in [5.74, 6) is -0.166. The molecule has 0 bridgehead atoms. The molecule has 2 N–H and O–H groups in total. The first-order valence-electron chi connectivity index (χ1n) is 11.0. The number of aromatic nitrogens is 1. The number of benzene rings is 3. The van der Waals surface area contributed by atoms with Gasteiger partial charge < -0.3 is 15.2 Å². The van der Waals surface area contributed by atoms with Crippen molar-refractivity contribution in [2.75, 3.05) is 6.54 Å². The van der Waals surface area contributed by atoms with E-state index in [2.05, 4.69) is 34.6 Å². The van der Waals surface area contributed by atoms with Crippen LogP contribution in [0.15, 0.2) is 78.9 Å². The molecule has 0 fully saturated rings. The van der Waals surface area contributed by atoms with Gasteiger partial charge in [-0.1, -0.05) is 66.7 Å². The Morgan fingerprint density at radius 1 is 0.969 bits per heavy atom. The highest BCUT2D eigenvalue weighted by Crippen LogP contribution is 2.46. The molecule has 3 heterocycles. The average molecular weight is 422 g/mol. The van der Waals surface area contributed by atoms with Crippen LogP contribution in [0.3, 0.4) is 0 Å². The fourth-order valence-electron chi connectivity index (χ4n) is 5.23. The molecule has 1 aromatic heterocycles. The fraction of sp³-hybridized carbons (Fsp3) is 0.185. The number of rotatable bonds is 4. The maximum absolute atomic E-state index is 13.4. The van der Waals surface area contributed by atoms with Crippen molar-refractivity contribution in [2.24, 2.45) is 0 Å². The SMILES string of the molecule is O=C(NCCc1ccccc1)[C@@H]1Cc2c([nH]c3ccccc23)[C@@H]2c3ccccc3C(=O)N21. The second kappa shape index (κ2) is 7.38. The molecular formula is C27H23N3O2. The third kappa shape index (κ3) is 2.85. The number of hydrogen-bond donors (Lipinski definition) is 2. The lowest BCUT2D eigenvalue weighted by Gasteiger charge is -2.37. The minimum absolute atomic E-state index is 0.0712. The molecule has 32 heavy (non-hydrogen) atoms. The van der Waals surface area contributed by atoms with Gasteiger partial charge in [0.2, 0.25) is 5.91 Å². The number of H-pyrrole nitrogens is 1. The van der Waals surface area contributed by atoms with Crippen LogP contribution in [-0.2, 0) is 17.6 Å². The summed E-state index contributed by atoms with van der Waals surface area (Å²) in [6.45, 7) is 0.541. The van der Waals surface area contributed by atoms with E-state index in [-0.39, 0.29) is 17.9 Å². The number of para-hydroxylation sites is 1. The second-order valence-electron chi connectivity index (χ2n) is 8.51. The minimum Gasteiger partial charge on any atom is -0.356 e. The number of carbonyl (C=O) groups excluding carboxylic acids is 2. The van der Waals surface area contributed by atoms with Crippen molar-refractivity contribution in [3.8, 4) is 0 Å². The molecule has 2 atom stereocenters. The van der Waals surface area contributed by atoms with Crippen LogP contribution in [0.25, 0.3) is 10.9 Å². The third-order valence-electron chi connectivity index (χ3n) is 6.71. The summed E-state index contributed by atoms with van der Waals surface area (Å²) in [6, 6.07) is 25.2. The van der Waals surface area contributed by atoms with E-state index < -0.39 is 6.04 Å². The molecule has 0 aliphatic carbocycles. The van der Waals surface area contributed by atoms with Crippen LogP contribution in [0.1, 0.15) is 38.8 Å². The van der Waals surface area contributed by atoms with Gasteiger partial charge in [0.05, 0.1) is 6.04 Å². The van der Waals surface area contributed by atoms with E-state index in [0.717, 1.165) is 34.1 Å². The summed E-state index contributed by atoms with van der Waals surface area (Å²) in [5.41, 5.74) is 6.03. The highest BCUT2D eigenvalue weighted by Gasteiger charge is 2.48. The first-order valence-corrected chi connectivity index (χ1v) is 11.0. The lowest BCUT2D eigenvalue weighted by molar-refractivity contribution is -0.126. The zero-order chi connectivity index (χ0) is 21.7. The first kappa shape index (κ1) is 18.9. The molecule has 2 aliphatic heterocycles. The van der Waals surface area contributed by atoms with Gasteiger partial charge in [0.15, 0.2) is 0 Å². The lowest BCUT2D eigenvalue weighted by Crippen LogP contribution is -2.52. The van der Waals surface area contributed by atoms with Crippen LogP contribution in [0.4, 0.5) is 0 Å². The highest BCUT2D eigenvalue weighted by molar-refractivity contribution is 6.03. The minimum atomic E-state index is -0.539. The molecule has 158 valence electrons. The summed E-state index contributed by atoms with van der Waals surface area (Å²) >= 11 is 0. The monoisotopic (exact) mass is 421 g/mol. The number of nitrogens with zero attached hydrogens (tertiary/aromatic N) is 1. The van der Waals surface area contributed by atoms with E-state index in [9.17, 15) is 9.59 Å². The third-order valence-corrected chi connectivity index (χ3v) is 6.71. The second-order valence-corrected chi connectivity index (χ2v) is 8.51. The van der Waals surface area contributed by atoms with Crippen LogP contribution in [0.2, 0.25) is 0 Å². The molecule has 5 nitrogen and oxygen atoms in total. The summed E-state index contributed by atoms with van der Waals surface area (Å²) in [6.07, 6.45) is 1.27.